The van der Waals surface area contributed by atoms with Gasteiger partial charge in [0.05, 0.1) is 17.7 Å². The zero-order valence-corrected chi connectivity index (χ0v) is 28.1. The third kappa shape index (κ3) is 5.10. The molecule has 5 heteroatoms. The molecule has 46 heavy (non-hydrogen) atoms. The summed E-state index contributed by atoms with van der Waals surface area (Å²) in [4.78, 5) is 9.61. The van der Waals surface area contributed by atoms with Gasteiger partial charge in [0.25, 0.3) is 0 Å². The van der Waals surface area contributed by atoms with Crippen molar-refractivity contribution >= 4 is 33.2 Å². The van der Waals surface area contributed by atoms with Gasteiger partial charge >= 0.3 is 0 Å². The number of para-hydroxylation sites is 1. The van der Waals surface area contributed by atoms with Crippen molar-refractivity contribution in [3.8, 4) is 17.3 Å². The SMILES string of the molecule is CC1=C(C)N(c2cc(C)c(C)cc2C)CN1c1cccc(Oc2ccc3c4ccccc4n(-c4cc(C(C)(C)C)ccn4)c3c2)c1. The lowest BCUT2D eigenvalue weighted by atomic mass is 9.88. The molecule has 5 nitrogen and oxygen atoms in total. The molecule has 7 rings (SSSR count). The van der Waals surface area contributed by atoms with E-state index in [-0.39, 0.29) is 5.41 Å². The van der Waals surface area contributed by atoms with Crippen LogP contribution in [0.5, 0.6) is 11.5 Å². The third-order valence-electron chi connectivity index (χ3n) is 9.57. The predicted octanol–water partition coefficient (Wildman–Crippen LogP) is 10.7. The van der Waals surface area contributed by atoms with Gasteiger partial charge in [-0.15, -0.1) is 0 Å². The third-order valence-corrected chi connectivity index (χ3v) is 9.57. The Labute approximate surface area is 272 Å². The molecule has 0 bridgehead atoms. The van der Waals surface area contributed by atoms with E-state index in [1.807, 2.05) is 12.3 Å². The second kappa shape index (κ2) is 11.1. The number of pyridine rings is 1. The van der Waals surface area contributed by atoms with E-state index in [1.54, 1.807) is 0 Å². The first-order valence-electron chi connectivity index (χ1n) is 16.1. The van der Waals surface area contributed by atoms with Gasteiger partial charge in [0, 0.05) is 51.9 Å². The highest BCUT2D eigenvalue weighted by molar-refractivity contribution is 6.09. The van der Waals surface area contributed by atoms with Crippen molar-refractivity contribution in [1.82, 2.24) is 9.55 Å². The van der Waals surface area contributed by atoms with Crippen LogP contribution in [0, 0.1) is 20.8 Å². The van der Waals surface area contributed by atoms with E-state index >= 15 is 0 Å². The summed E-state index contributed by atoms with van der Waals surface area (Å²) in [6, 6.07) is 32.3. The number of anilines is 2. The minimum Gasteiger partial charge on any atom is -0.457 e. The number of nitrogens with zero attached hydrogens (tertiary/aromatic N) is 4. The molecular weight excluding hydrogens is 564 g/mol. The standard InChI is InChI=1S/C41H42N4O/c1-26-20-28(3)38(21-27(26)2)44-25-43(29(4)30(44)5)32-12-11-13-33(23-32)46-34-16-17-36-35-14-9-10-15-37(35)45(39(36)24-34)40-22-31(18-19-42-40)41(6,7)8/h9-24H,25H2,1-8H3. The number of rotatable bonds is 5. The number of ether oxygens (including phenoxy) is 1. The summed E-state index contributed by atoms with van der Waals surface area (Å²) in [6.45, 7) is 18.5. The van der Waals surface area contributed by atoms with E-state index in [0.29, 0.717) is 0 Å². The molecule has 2 aromatic heterocycles. The van der Waals surface area contributed by atoms with E-state index in [4.69, 9.17) is 9.72 Å². The smallest absolute Gasteiger partial charge is 0.137 e. The Hall–Kier alpha value is -5.03. The molecular formula is C41H42N4O. The maximum atomic E-state index is 6.58. The van der Waals surface area contributed by atoms with E-state index in [0.717, 1.165) is 40.7 Å². The number of hydrogen-bond acceptors (Lipinski definition) is 4. The molecule has 0 saturated carbocycles. The highest BCUT2D eigenvalue weighted by Crippen LogP contribution is 2.39. The lowest BCUT2D eigenvalue weighted by molar-refractivity contribution is 0.483. The lowest BCUT2D eigenvalue weighted by Gasteiger charge is -2.26. The Balaban J connectivity index is 1.23. The van der Waals surface area contributed by atoms with Crippen LogP contribution >= 0.6 is 0 Å². The van der Waals surface area contributed by atoms with Gasteiger partial charge in [-0.25, -0.2) is 4.98 Å². The second-order valence-corrected chi connectivity index (χ2v) is 13.7. The number of hydrogen-bond donors (Lipinski definition) is 0. The van der Waals surface area contributed by atoms with E-state index in [2.05, 4.69) is 155 Å². The van der Waals surface area contributed by atoms with Gasteiger partial charge in [-0.05, 0) is 111 Å². The van der Waals surface area contributed by atoms with Crippen LogP contribution in [0.2, 0.25) is 0 Å². The zero-order chi connectivity index (χ0) is 32.3. The van der Waals surface area contributed by atoms with Crippen molar-refractivity contribution in [3.05, 3.63) is 131 Å². The molecule has 0 atom stereocenters. The number of aromatic nitrogens is 2. The van der Waals surface area contributed by atoms with Gasteiger partial charge in [0.15, 0.2) is 0 Å². The maximum Gasteiger partial charge on any atom is 0.137 e. The fourth-order valence-corrected chi connectivity index (χ4v) is 6.63. The largest absolute Gasteiger partial charge is 0.457 e. The molecule has 4 aromatic carbocycles. The fraction of sp³-hybridized carbons (Fsp3) is 0.244. The molecule has 0 aliphatic carbocycles. The molecule has 3 heterocycles. The van der Waals surface area contributed by atoms with Crippen molar-refractivity contribution in [2.45, 2.75) is 60.8 Å². The van der Waals surface area contributed by atoms with Crippen LogP contribution in [0.1, 0.15) is 56.9 Å². The monoisotopic (exact) mass is 606 g/mol. The Kier molecular flexibility index (Phi) is 7.16. The van der Waals surface area contributed by atoms with Gasteiger partial charge in [0.2, 0.25) is 0 Å². The van der Waals surface area contributed by atoms with Crippen LogP contribution in [0.4, 0.5) is 11.4 Å². The number of allylic oxidation sites excluding steroid dienone is 2. The molecule has 0 radical (unpaired) electrons. The van der Waals surface area contributed by atoms with Crippen molar-refractivity contribution in [2.24, 2.45) is 0 Å². The maximum absolute atomic E-state index is 6.58. The highest BCUT2D eigenvalue weighted by atomic mass is 16.5. The minimum absolute atomic E-state index is 0.0199. The van der Waals surface area contributed by atoms with Crippen LogP contribution in [-0.2, 0) is 5.41 Å². The normalized spacial score (nSPS) is 13.8. The van der Waals surface area contributed by atoms with Crippen LogP contribution in [0.15, 0.2) is 109 Å². The number of benzene rings is 4. The summed E-state index contributed by atoms with van der Waals surface area (Å²) < 4.78 is 8.84. The van der Waals surface area contributed by atoms with E-state index < -0.39 is 0 Å². The van der Waals surface area contributed by atoms with Crippen molar-refractivity contribution in [2.75, 3.05) is 16.5 Å². The highest BCUT2D eigenvalue weighted by Gasteiger charge is 2.27. The average Bonchev–Trinajstić information content (AvgIpc) is 3.52. The lowest BCUT2D eigenvalue weighted by Crippen LogP contribution is -2.27. The van der Waals surface area contributed by atoms with Crippen LogP contribution in [0.25, 0.3) is 27.6 Å². The minimum atomic E-state index is 0.0199. The first-order valence-corrected chi connectivity index (χ1v) is 16.1. The molecule has 232 valence electrons. The van der Waals surface area contributed by atoms with Gasteiger partial charge < -0.3 is 14.5 Å². The second-order valence-electron chi connectivity index (χ2n) is 13.7. The predicted molar refractivity (Wildman–Crippen MR) is 193 cm³/mol. The average molecular weight is 607 g/mol. The van der Waals surface area contributed by atoms with Gasteiger partial charge in [-0.3, -0.25) is 4.57 Å². The first-order chi connectivity index (χ1) is 22.0. The quantitative estimate of drug-likeness (QED) is 0.195. The Morgan fingerprint density at radius 2 is 1.35 bits per heavy atom. The summed E-state index contributed by atoms with van der Waals surface area (Å²) in [7, 11) is 0. The van der Waals surface area contributed by atoms with E-state index in [9.17, 15) is 0 Å². The van der Waals surface area contributed by atoms with Crippen molar-refractivity contribution in [3.63, 3.8) is 0 Å². The number of fused-ring (bicyclic) bond motifs is 3. The molecule has 0 amide bonds. The van der Waals surface area contributed by atoms with Gasteiger partial charge in [-0.2, -0.15) is 0 Å². The zero-order valence-electron chi connectivity index (χ0n) is 28.1. The van der Waals surface area contributed by atoms with Crippen molar-refractivity contribution < 1.29 is 4.74 Å². The molecule has 0 saturated heterocycles. The van der Waals surface area contributed by atoms with Crippen LogP contribution in [0.3, 0.4) is 0 Å². The Morgan fingerprint density at radius 1 is 0.630 bits per heavy atom. The molecule has 0 N–H and O–H groups in total. The fourth-order valence-electron chi connectivity index (χ4n) is 6.63. The van der Waals surface area contributed by atoms with E-state index in [1.165, 1.54) is 50.1 Å². The topological polar surface area (TPSA) is 33.5 Å². The molecule has 1 aliphatic heterocycles. The molecule has 0 spiro atoms. The number of aryl methyl sites for hydroxylation is 3. The summed E-state index contributed by atoms with van der Waals surface area (Å²) in [5, 5.41) is 2.37. The summed E-state index contributed by atoms with van der Waals surface area (Å²) >= 11 is 0. The van der Waals surface area contributed by atoms with Gasteiger partial charge in [0.1, 0.15) is 17.3 Å². The van der Waals surface area contributed by atoms with Gasteiger partial charge in [-0.1, -0.05) is 51.1 Å². The summed E-state index contributed by atoms with van der Waals surface area (Å²) in [6.07, 6.45) is 1.92. The first kappa shape index (κ1) is 29.7. The molecule has 0 unspecified atom stereocenters. The van der Waals surface area contributed by atoms with Crippen molar-refractivity contribution in [1.29, 1.82) is 0 Å². The van der Waals surface area contributed by atoms with Crippen LogP contribution in [-0.4, -0.2) is 16.2 Å². The summed E-state index contributed by atoms with van der Waals surface area (Å²) in [5.41, 5.74) is 12.3. The molecule has 1 aliphatic rings. The Morgan fingerprint density at radius 3 is 2.15 bits per heavy atom. The molecule has 0 fully saturated rings. The van der Waals surface area contributed by atoms with Crippen LogP contribution < -0.4 is 14.5 Å². The molecule has 6 aromatic rings. The summed E-state index contributed by atoms with van der Waals surface area (Å²) in [5.74, 6) is 2.50. The Bertz CT molecular complexity index is 2160.